The molecule has 17 heavy (non-hydrogen) atoms. The van der Waals surface area contributed by atoms with Crippen molar-refractivity contribution in [3.05, 3.63) is 48.5 Å². The summed E-state index contributed by atoms with van der Waals surface area (Å²) in [4.78, 5) is 0. The van der Waals surface area contributed by atoms with E-state index in [-0.39, 0.29) is 0 Å². The van der Waals surface area contributed by atoms with Crippen LogP contribution in [0.1, 0.15) is 0 Å². The highest BCUT2D eigenvalue weighted by Crippen LogP contribution is 2.40. The van der Waals surface area contributed by atoms with Crippen LogP contribution < -0.4 is 15.2 Å². The third-order valence-electron chi connectivity index (χ3n) is 2.74. The molecular weight excluding hydrogens is 214 g/mol. The quantitative estimate of drug-likeness (QED) is 0.813. The number of hydrogen-bond acceptors (Lipinski definition) is 3. The topological polar surface area (TPSA) is 44.5 Å². The van der Waals surface area contributed by atoms with Crippen molar-refractivity contribution < 1.29 is 9.47 Å². The van der Waals surface area contributed by atoms with Crippen LogP contribution in [0, 0.1) is 0 Å². The molecule has 1 aliphatic rings. The normalized spacial score (nSPS) is 17.8. The van der Waals surface area contributed by atoms with E-state index in [1.807, 2.05) is 48.5 Å². The molecule has 1 atom stereocenters. The van der Waals surface area contributed by atoms with Crippen molar-refractivity contribution >= 4 is 0 Å². The van der Waals surface area contributed by atoms with Gasteiger partial charge in [-0.2, -0.15) is 0 Å². The second-order valence-corrected chi connectivity index (χ2v) is 3.97. The van der Waals surface area contributed by atoms with Crippen LogP contribution in [0.3, 0.4) is 0 Å². The molecule has 2 N–H and O–H groups in total. The highest BCUT2D eigenvalue weighted by atomic mass is 16.6. The van der Waals surface area contributed by atoms with Crippen molar-refractivity contribution in [3.8, 4) is 22.6 Å². The summed E-state index contributed by atoms with van der Waals surface area (Å²) in [6.45, 7) is 0.394. The molecule has 2 aromatic rings. The van der Waals surface area contributed by atoms with Crippen LogP contribution in [0.15, 0.2) is 48.5 Å². The predicted molar refractivity (Wildman–Crippen MR) is 66.0 cm³/mol. The Morgan fingerprint density at radius 1 is 1.00 bits per heavy atom. The maximum absolute atomic E-state index is 5.75. The SMILES string of the molecule is NC1COc2cccc(-c3ccccc3)c2O1. The van der Waals surface area contributed by atoms with Crippen LogP contribution in [0.2, 0.25) is 0 Å². The number of para-hydroxylation sites is 1. The van der Waals surface area contributed by atoms with E-state index in [1.54, 1.807) is 0 Å². The molecular formula is C14H13NO2. The fourth-order valence-electron chi connectivity index (χ4n) is 1.95. The van der Waals surface area contributed by atoms with Crippen molar-refractivity contribution in [3.63, 3.8) is 0 Å². The van der Waals surface area contributed by atoms with Crippen molar-refractivity contribution in [1.82, 2.24) is 0 Å². The fourth-order valence-corrected chi connectivity index (χ4v) is 1.95. The summed E-state index contributed by atoms with van der Waals surface area (Å²) in [6.07, 6.45) is -0.396. The van der Waals surface area contributed by atoms with Crippen LogP contribution in [-0.2, 0) is 0 Å². The summed E-state index contributed by atoms with van der Waals surface area (Å²) >= 11 is 0. The first-order chi connectivity index (χ1) is 8.34. The summed E-state index contributed by atoms with van der Waals surface area (Å²) in [5.41, 5.74) is 7.86. The largest absolute Gasteiger partial charge is 0.484 e. The second kappa shape index (κ2) is 4.11. The zero-order chi connectivity index (χ0) is 11.7. The molecule has 3 heteroatoms. The van der Waals surface area contributed by atoms with Crippen LogP contribution in [0.5, 0.6) is 11.5 Å². The Hall–Kier alpha value is -2.00. The number of fused-ring (bicyclic) bond motifs is 1. The summed E-state index contributed by atoms with van der Waals surface area (Å²) in [7, 11) is 0. The van der Waals surface area contributed by atoms with Gasteiger partial charge in [0.05, 0.1) is 0 Å². The van der Waals surface area contributed by atoms with Crippen LogP contribution in [0.25, 0.3) is 11.1 Å². The van der Waals surface area contributed by atoms with E-state index in [0.29, 0.717) is 6.61 Å². The monoisotopic (exact) mass is 227 g/mol. The molecule has 0 radical (unpaired) electrons. The minimum Gasteiger partial charge on any atom is -0.484 e. The highest BCUT2D eigenvalue weighted by molar-refractivity contribution is 5.74. The van der Waals surface area contributed by atoms with Crippen molar-refractivity contribution in [2.75, 3.05) is 6.61 Å². The van der Waals surface area contributed by atoms with Gasteiger partial charge in [-0.3, -0.25) is 5.73 Å². The zero-order valence-corrected chi connectivity index (χ0v) is 9.30. The lowest BCUT2D eigenvalue weighted by Crippen LogP contribution is -2.37. The summed E-state index contributed by atoms with van der Waals surface area (Å²) in [5.74, 6) is 1.49. The Labute approximate surface area is 99.8 Å². The Bertz CT molecular complexity index is 525. The summed E-state index contributed by atoms with van der Waals surface area (Å²) in [6, 6.07) is 15.9. The van der Waals surface area contributed by atoms with Gasteiger partial charge in [0.15, 0.2) is 17.7 Å². The van der Waals surface area contributed by atoms with E-state index < -0.39 is 6.23 Å². The molecule has 1 aliphatic heterocycles. The van der Waals surface area contributed by atoms with Gasteiger partial charge in [-0.15, -0.1) is 0 Å². The van der Waals surface area contributed by atoms with E-state index in [1.165, 1.54) is 0 Å². The summed E-state index contributed by atoms with van der Waals surface area (Å²) in [5, 5.41) is 0. The van der Waals surface area contributed by atoms with E-state index in [2.05, 4.69) is 0 Å². The van der Waals surface area contributed by atoms with Gasteiger partial charge in [-0.1, -0.05) is 42.5 Å². The molecule has 3 nitrogen and oxygen atoms in total. The van der Waals surface area contributed by atoms with E-state index in [4.69, 9.17) is 15.2 Å². The van der Waals surface area contributed by atoms with Crippen molar-refractivity contribution in [2.24, 2.45) is 5.73 Å². The van der Waals surface area contributed by atoms with E-state index >= 15 is 0 Å². The molecule has 3 rings (SSSR count). The minimum absolute atomic E-state index is 0.394. The Morgan fingerprint density at radius 2 is 1.82 bits per heavy atom. The lowest BCUT2D eigenvalue weighted by atomic mass is 10.0. The average Bonchev–Trinajstić information content (AvgIpc) is 2.39. The van der Waals surface area contributed by atoms with Crippen LogP contribution >= 0.6 is 0 Å². The standard InChI is InChI=1S/C14H13NO2/c15-13-9-16-12-8-4-7-11(14(12)17-13)10-5-2-1-3-6-10/h1-8,13H,9,15H2. The molecule has 0 amide bonds. The third kappa shape index (κ3) is 1.85. The molecule has 2 aromatic carbocycles. The first kappa shape index (κ1) is 10.2. The predicted octanol–water partition coefficient (Wildman–Crippen LogP) is 2.41. The Kier molecular flexibility index (Phi) is 2.46. The van der Waals surface area contributed by atoms with Gasteiger partial charge in [0.2, 0.25) is 0 Å². The number of hydrogen-bond donors (Lipinski definition) is 1. The highest BCUT2D eigenvalue weighted by Gasteiger charge is 2.20. The molecule has 1 heterocycles. The zero-order valence-electron chi connectivity index (χ0n) is 9.30. The first-order valence-corrected chi connectivity index (χ1v) is 5.58. The van der Waals surface area contributed by atoms with Crippen molar-refractivity contribution in [2.45, 2.75) is 6.23 Å². The first-order valence-electron chi connectivity index (χ1n) is 5.58. The van der Waals surface area contributed by atoms with Gasteiger partial charge >= 0.3 is 0 Å². The van der Waals surface area contributed by atoms with E-state index in [9.17, 15) is 0 Å². The fraction of sp³-hybridized carbons (Fsp3) is 0.143. The smallest absolute Gasteiger partial charge is 0.182 e. The second-order valence-electron chi connectivity index (χ2n) is 3.97. The van der Waals surface area contributed by atoms with E-state index in [0.717, 1.165) is 22.6 Å². The molecule has 86 valence electrons. The van der Waals surface area contributed by atoms with Gasteiger partial charge in [-0.05, 0) is 11.6 Å². The van der Waals surface area contributed by atoms with Crippen LogP contribution in [0.4, 0.5) is 0 Å². The van der Waals surface area contributed by atoms with Gasteiger partial charge in [0.1, 0.15) is 6.61 Å². The number of nitrogens with two attached hydrogens (primary N) is 1. The van der Waals surface area contributed by atoms with Gasteiger partial charge in [0.25, 0.3) is 0 Å². The lowest BCUT2D eigenvalue weighted by Gasteiger charge is -2.25. The Morgan fingerprint density at radius 3 is 2.65 bits per heavy atom. The Balaban J connectivity index is 2.12. The molecule has 0 spiro atoms. The van der Waals surface area contributed by atoms with Crippen molar-refractivity contribution in [1.29, 1.82) is 0 Å². The molecule has 0 bridgehead atoms. The van der Waals surface area contributed by atoms with Gasteiger partial charge in [0, 0.05) is 5.56 Å². The minimum atomic E-state index is -0.396. The van der Waals surface area contributed by atoms with Crippen LogP contribution in [-0.4, -0.2) is 12.8 Å². The third-order valence-corrected chi connectivity index (χ3v) is 2.74. The molecule has 1 unspecified atom stereocenters. The maximum atomic E-state index is 5.75. The summed E-state index contributed by atoms with van der Waals surface area (Å²) < 4.78 is 11.2. The molecule has 0 aromatic heterocycles. The number of benzene rings is 2. The molecule has 0 aliphatic carbocycles. The maximum Gasteiger partial charge on any atom is 0.182 e. The van der Waals surface area contributed by atoms with Gasteiger partial charge in [-0.25, -0.2) is 0 Å². The molecule has 0 fully saturated rings. The average molecular weight is 227 g/mol. The molecule has 0 saturated carbocycles. The number of rotatable bonds is 1. The molecule has 0 saturated heterocycles. The number of ether oxygens (including phenoxy) is 2. The van der Waals surface area contributed by atoms with Gasteiger partial charge < -0.3 is 9.47 Å². The lowest BCUT2D eigenvalue weighted by molar-refractivity contribution is 0.0965.